The molecule has 3 aromatic rings. The van der Waals surface area contributed by atoms with Crippen LogP contribution in [0.2, 0.25) is 0 Å². The van der Waals surface area contributed by atoms with Crippen molar-refractivity contribution in [1.29, 1.82) is 0 Å². The molecule has 0 atom stereocenters. The van der Waals surface area contributed by atoms with E-state index in [4.69, 9.17) is 0 Å². The molecule has 1 aliphatic rings. The smallest absolute Gasteiger partial charge is 0.226 e. The first-order valence-corrected chi connectivity index (χ1v) is 9.66. The van der Waals surface area contributed by atoms with Crippen LogP contribution in [0, 0.1) is 6.92 Å². The van der Waals surface area contributed by atoms with Crippen LogP contribution in [0.5, 0.6) is 0 Å². The Labute approximate surface area is 160 Å². The maximum absolute atomic E-state index is 12.4. The Bertz CT molecular complexity index is 910. The van der Waals surface area contributed by atoms with Crippen LogP contribution in [0.25, 0.3) is 5.65 Å². The van der Waals surface area contributed by atoms with Gasteiger partial charge in [0, 0.05) is 38.1 Å². The molecule has 0 bridgehead atoms. The summed E-state index contributed by atoms with van der Waals surface area (Å²) in [6, 6.07) is 14.9. The molecule has 0 spiro atoms. The van der Waals surface area contributed by atoms with E-state index in [1.54, 1.807) is 0 Å². The van der Waals surface area contributed by atoms with Gasteiger partial charge < -0.3 is 9.72 Å². The zero-order valence-corrected chi connectivity index (χ0v) is 15.8. The van der Waals surface area contributed by atoms with Crippen LogP contribution in [-0.4, -0.2) is 39.3 Å². The lowest BCUT2D eigenvalue weighted by molar-refractivity contribution is -0.121. The molecule has 5 heteroatoms. The van der Waals surface area contributed by atoms with Crippen LogP contribution in [0.15, 0.2) is 54.9 Å². The molecule has 4 rings (SSSR count). The van der Waals surface area contributed by atoms with Gasteiger partial charge in [0.25, 0.3) is 0 Å². The minimum Gasteiger partial charge on any atom is -0.353 e. The maximum Gasteiger partial charge on any atom is 0.226 e. The summed E-state index contributed by atoms with van der Waals surface area (Å²) in [5, 5.41) is 3.20. The number of hydrogen-bond donors (Lipinski definition) is 1. The molecule has 1 N–H and O–H groups in total. The largest absolute Gasteiger partial charge is 0.353 e. The first kappa shape index (κ1) is 17.7. The topological polar surface area (TPSA) is 49.6 Å². The summed E-state index contributed by atoms with van der Waals surface area (Å²) in [5.74, 6) is 0.0672. The van der Waals surface area contributed by atoms with E-state index < -0.39 is 0 Å². The molecule has 5 nitrogen and oxygen atoms in total. The zero-order valence-electron chi connectivity index (χ0n) is 15.8. The predicted octanol–water partition coefficient (Wildman–Crippen LogP) is 2.97. The number of rotatable bonds is 5. The van der Waals surface area contributed by atoms with Crippen LogP contribution < -0.4 is 5.32 Å². The van der Waals surface area contributed by atoms with Gasteiger partial charge >= 0.3 is 0 Å². The van der Waals surface area contributed by atoms with Gasteiger partial charge in [-0.15, -0.1) is 0 Å². The normalized spacial score (nSPS) is 15.9. The van der Waals surface area contributed by atoms with Crippen LogP contribution >= 0.6 is 0 Å². The fraction of sp³-hybridized carbons (Fsp3) is 0.364. The van der Waals surface area contributed by atoms with Crippen LogP contribution in [0.1, 0.15) is 29.7 Å². The molecular weight excluding hydrogens is 336 g/mol. The van der Waals surface area contributed by atoms with Crippen LogP contribution in [-0.2, 0) is 17.8 Å². The molecule has 1 amide bonds. The van der Waals surface area contributed by atoms with Crippen molar-refractivity contribution in [3.8, 4) is 0 Å². The van der Waals surface area contributed by atoms with Crippen molar-refractivity contribution in [2.75, 3.05) is 13.1 Å². The Morgan fingerprint density at radius 1 is 1.15 bits per heavy atom. The SMILES string of the molecule is Cc1cccn2cc(CC(=O)NC3CCN(Cc4ccccc4)CC3)nc12. The fourth-order valence-corrected chi connectivity index (χ4v) is 3.81. The van der Waals surface area contributed by atoms with Crippen molar-refractivity contribution in [2.24, 2.45) is 0 Å². The number of aromatic nitrogens is 2. The number of likely N-dealkylation sites (tertiary alicyclic amines) is 1. The third-order valence-corrected chi connectivity index (χ3v) is 5.27. The van der Waals surface area contributed by atoms with Gasteiger partial charge in [-0.25, -0.2) is 4.98 Å². The van der Waals surface area contributed by atoms with Crippen molar-refractivity contribution < 1.29 is 4.79 Å². The predicted molar refractivity (Wildman–Crippen MR) is 107 cm³/mol. The minimum absolute atomic E-state index is 0.0672. The summed E-state index contributed by atoms with van der Waals surface area (Å²) >= 11 is 0. The lowest BCUT2D eigenvalue weighted by atomic mass is 10.0. The Hall–Kier alpha value is -2.66. The number of hydrogen-bond acceptors (Lipinski definition) is 3. The Morgan fingerprint density at radius 3 is 2.67 bits per heavy atom. The number of nitrogens with one attached hydrogen (secondary N) is 1. The maximum atomic E-state index is 12.4. The number of benzene rings is 1. The van der Waals surface area contributed by atoms with E-state index in [1.165, 1.54) is 5.56 Å². The quantitative estimate of drug-likeness (QED) is 0.759. The Morgan fingerprint density at radius 2 is 1.93 bits per heavy atom. The fourth-order valence-electron chi connectivity index (χ4n) is 3.81. The standard InChI is InChI=1S/C22H26N4O/c1-17-6-5-11-26-16-20(24-22(17)26)14-21(27)23-19-9-12-25(13-10-19)15-18-7-3-2-4-8-18/h2-8,11,16,19H,9-10,12-15H2,1H3,(H,23,27). The number of amides is 1. The number of nitrogens with zero attached hydrogens (tertiary/aromatic N) is 3. The van der Waals surface area contributed by atoms with Crippen LogP contribution in [0.3, 0.4) is 0 Å². The van der Waals surface area contributed by atoms with Gasteiger partial charge in [-0.3, -0.25) is 9.69 Å². The van der Waals surface area contributed by atoms with Crippen molar-refractivity contribution >= 4 is 11.6 Å². The van der Waals surface area contributed by atoms with Crippen LogP contribution in [0.4, 0.5) is 0 Å². The van der Waals surface area contributed by atoms with Crippen molar-refractivity contribution in [3.05, 3.63) is 71.7 Å². The minimum atomic E-state index is 0.0672. The lowest BCUT2D eigenvalue weighted by Crippen LogP contribution is -2.44. The molecule has 1 aliphatic heterocycles. The first-order valence-electron chi connectivity index (χ1n) is 9.66. The molecule has 27 heavy (non-hydrogen) atoms. The Kier molecular flexibility index (Phi) is 5.21. The molecule has 1 fully saturated rings. The number of piperidine rings is 1. The number of carbonyl (C=O) groups excluding carboxylic acids is 1. The van der Waals surface area contributed by atoms with Gasteiger partial charge in [-0.05, 0) is 37.0 Å². The highest BCUT2D eigenvalue weighted by molar-refractivity contribution is 5.78. The summed E-state index contributed by atoms with van der Waals surface area (Å²) in [6.45, 7) is 5.07. The highest BCUT2D eigenvalue weighted by atomic mass is 16.1. The van der Waals surface area contributed by atoms with Gasteiger partial charge in [0.2, 0.25) is 5.91 Å². The average molecular weight is 362 g/mol. The van der Waals surface area contributed by atoms with E-state index in [1.807, 2.05) is 35.9 Å². The van der Waals surface area contributed by atoms with E-state index in [-0.39, 0.29) is 11.9 Å². The molecule has 0 saturated carbocycles. The molecule has 0 radical (unpaired) electrons. The van der Waals surface area contributed by atoms with Gasteiger partial charge in [0.1, 0.15) is 5.65 Å². The molecule has 140 valence electrons. The third kappa shape index (κ3) is 4.37. The van der Waals surface area contributed by atoms with Gasteiger partial charge in [0.15, 0.2) is 0 Å². The summed E-state index contributed by atoms with van der Waals surface area (Å²) in [7, 11) is 0. The second-order valence-electron chi connectivity index (χ2n) is 7.43. The number of carbonyl (C=O) groups is 1. The number of imidazole rings is 1. The lowest BCUT2D eigenvalue weighted by Gasteiger charge is -2.32. The van der Waals surface area contributed by atoms with Gasteiger partial charge in [0.05, 0.1) is 12.1 Å². The van der Waals surface area contributed by atoms with E-state index >= 15 is 0 Å². The molecule has 1 aromatic carbocycles. The molecular formula is C22H26N4O. The molecule has 2 aromatic heterocycles. The summed E-state index contributed by atoms with van der Waals surface area (Å²) in [5.41, 5.74) is 4.22. The van der Waals surface area contributed by atoms with Crippen molar-refractivity contribution in [1.82, 2.24) is 19.6 Å². The monoisotopic (exact) mass is 362 g/mol. The third-order valence-electron chi connectivity index (χ3n) is 5.27. The second kappa shape index (κ2) is 7.92. The van der Waals surface area contributed by atoms with E-state index in [0.717, 1.165) is 49.4 Å². The second-order valence-corrected chi connectivity index (χ2v) is 7.43. The number of pyridine rings is 1. The summed E-state index contributed by atoms with van der Waals surface area (Å²) < 4.78 is 1.99. The zero-order chi connectivity index (χ0) is 18.6. The van der Waals surface area contributed by atoms with E-state index in [9.17, 15) is 4.79 Å². The number of aryl methyl sites for hydroxylation is 1. The average Bonchev–Trinajstić information content (AvgIpc) is 3.08. The first-order chi connectivity index (χ1) is 13.2. The van der Waals surface area contributed by atoms with Gasteiger partial charge in [-0.1, -0.05) is 36.4 Å². The van der Waals surface area contributed by atoms with Crippen molar-refractivity contribution in [3.63, 3.8) is 0 Å². The number of fused-ring (bicyclic) bond motifs is 1. The molecule has 3 heterocycles. The summed E-state index contributed by atoms with van der Waals surface area (Å²) in [4.78, 5) is 19.5. The molecule has 0 aliphatic carbocycles. The highest BCUT2D eigenvalue weighted by Gasteiger charge is 2.21. The molecule has 1 saturated heterocycles. The molecule has 0 unspecified atom stereocenters. The highest BCUT2D eigenvalue weighted by Crippen LogP contribution is 2.15. The van der Waals surface area contributed by atoms with E-state index in [2.05, 4.69) is 45.5 Å². The summed E-state index contributed by atoms with van der Waals surface area (Å²) in [6.07, 6.45) is 6.26. The van der Waals surface area contributed by atoms with E-state index in [0.29, 0.717) is 6.42 Å². The van der Waals surface area contributed by atoms with Crippen molar-refractivity contribution in [2.45, 2.75) is 38.8 Å². The Balaban J connectivity index is 1.27. The van der Waals surface area contributed by atoms with Gasteiger partial charge in [-0.2, -0.15) is 0 Å².